The minimum atomic E-state index is -0.299. The summed E-state index contributed by atoms with van der Waals surface area (Å²) in [7, 11) is 0. The molecule has 1 aliphatic carbocycles. The molecule has 0 saturated heterocycles. The van der Waals surface area contributed by atoms with E-state index in [9.17, 15) is 10.1 Å². The van der Waals surface area contributed by atoms with Crippen LogP contribution in [0.4, 0.5) is 11.4 Å². The van der Waals surface area contributed by atoms with E-state index in [1.807, 2.05) is 30.8 Å². The van der Waals surface area contributed by atoms with Crippen LogP contribution in [0.1, 0.15) is 31.7 Å². The van der Waals surface area contributed by atoms with E-state index in [4.69, 9.17) is 0 Å². The van der Waals surface area contributed by atoms with Crippen LogP contribution in [0.5, 0.6) is 0 Å². The van der Waals surface area contributed by atoms with Crippen molar-refractivity contribution in [3.05, 3.63) is 33.9 Å². The average Bonchev–Trinajstić information content (AvgIpc) is 2.79. The van der Waals surface area contributed by atoms with Crippen molar-refractivity contribution in [1.29, 1.82) is 0 Å². The van der Waals surface area contributed by atoms with Gasteiger partial charge in [-0.2, -0.15) is 11.8 Å². The molecule has 4 nitrogen and oxygen atoms in total. The van der Waals surface area contributed by atoms with Crippen LogP contribution in [-0.4, -0.2) is 22.0 Å². The summed E-state index contributed by atoms with van der Waals surface area (Å²) in [6.45, 7) is 4.04. The van der Waals surface area contributed by atoms with Gasteiger partial charge >= 0.3 is 0 Å². The highest BCUT2D eigenvalue weighted by Crippen LogP contribution is 2.34. The second kappa shape index (κ2) is 6.28. The summed E-state index contributed by atoms with van der Waals surface area (Å²) in [4.78, 5) is 10.8. The summed E-state index contributed by atoms with van der Waals surface area (Å²) in [5, 5.41) is 15.1. The molecule has 0 aliphatic heterocycles. The van der Waals surface area contributed by atoms with Crippen LogP contribution < -0.4 is 5.32 Å². The molecule has 0 radical (unpaired) electrons. The first kappa shape index (κ1) is 14.2. The van der Waals surface area contributed by atoms with E-state index in [0.29, 0.717) is 17.0 Å². The van der Waals surface area contributed by atoms with Crippen LogP contribution in [0.3, 0.4) is 0 Å². The highest BCUT2D eigenvalue weighted by atomic mass is 32.2. The molecular formula is C14H20N2O2S. The number of nitrogens with zero attached hydrogens (tertiary/aromatic N) is 1. The first-order chi connectivity index (χ1) is 9.11. The number of aryl methyl sites for hydroxylation is 1. The molecule has 104 valence electrons. The number of hydrogen-bond acceptors (Lipinski definition) is 4. The monoisotopic (exact) mass is 280 g/mol. The van der Waals surface area contributed by atoms with Gasteiger partial charge in [-0.25, -0.2) is 0 Å². The van der Waals surface area contributed by atoms with Crippen molar-refractivity contribution in [2.45, 2.75) is 44.4 Å². The lowest BCUT2D eigenvalue weighted by Crippen LogP contribution is -2.26. The van der Waals surface area contributed by atoms with Gasteiger partial charge in [0.2, 0.25) is 0 Å². The molecular weight excluding hydrogens is 260 g/mol. The van der Waals surface area contributed by atoms with Crippen LogP contribution in [-0.2, 0) is 0 Å². The number of hydrogen-bond donors (Lipinski definition) is 1. The van der Waals surface area contributed by atoms with E-state index < -0.39 is 0 Å². The number of benzene rings is 1. The number of nitro groups is 1. The average molecular weight is 280 g/mol. The molecule has 0 bridgehead atoms. The Labute approximate surface area is 118 Å². The first-order valence-electron chi connectivity index (χ1n) is 6.75. The van der Waals surface area contributed by atoms with Gasteiger partial charge in [0.05, 0.1) is 4.92 Å². The second-order valence-electron chi connectivity index (χ2n) is 4.95. The topological polar surface area (TPSA) is 55.2 Å². The Hall–Kier alpha value is -1.23. The van der Waals surface area contributed by atoms with E-state index in [0.717, 1.165) is 17.7 Å². The molecule has 2 rings (SSSR count). The Morgan fingerprint density at radius 2 is 2.26 bits per heavy atom. The molecule has 0 spiro atoms. The maximum absolute atomic E-state index is 11.1. The molecule has 1 saturated carbocycles. The Morgan fingerprint density at radius 3 is 2.95 bits per heavy atom. The maximum Gasteiger partial charge on any atom is 0.292 e. The van der Waals surface area contributed by atoms with Crippen LogP contribution in [0.2, 0.25) is 0 Å². The van der Waals surface area contributed by atoms with E-state index in [2.05, 4.69) is 12.2 Å². The van der Waals surface area contributed by atoms with Gasteiger partial charge in [-0.1, -0.05) is 19.4 Å². The molecule has 1 N–H and O–H groups in total. The standard InChI is InChI=1S/C14H20N2O2S/c1-3-19-14-6-4-5-12(14)15-11-8-7-10(2)9-13(11)16(17)18/h7-9,12,14-15H,3-6H2,1-2H3. The highest BCUT2D eigenvalue weighted by Gasteiger charge is 2.28. The fraction of sp³-hybridized carbons (Fsp3) is 0.571. The number of anilines is 1. The molecule has 1 aromatic rings. The second-order valence-corrected chi connectivity index (χ2v) is 6.47. The van der Waals surface area contributed by atoms with Gasteiger partial charge in [0.25, 0.3) is 5.69 Å². The fourth-order valence-electron chi connectivity index (χ4n) is 2.62. The molecule has 2 atom stereocenters. The molecule has 1 aromatic carbocycles. The molecule has 0 amide bonds. The van der Waals surface area contributed by atoms with Crippen LogP contribution in [0, 0.1) is 17.0 Å². The van der Waals surface area contributed by atoms with Crippen LogP contribution >= 0.6 is 11.8 Å². The minimum absolute atomic E-state index is 0.187. The van der Waals surface area contributed by atoms with Crippen molar-refractivity contribution in [2.75, 3.05) is 11.1 Å². The van der Waals surface area contributed by atoms with Gasteiger partial charge in [-0.3, -0.25) is 10.1 Å². The lowest BCUT2D eigenvalue weighted by molar-refractivity contribution is -0.384. The summed E-state index contributed by atoms with van der Waals surface area (Å²) in [6, 6.07) is 5.75. The van der Waals surface area contributed by atoms with E-state index >= 15 is 0 Å². The summed E-state index contributed by atoms with van der Waals surface area (Å²) < 4.78 is 0. The van der Waals surface area contributed by atoms with Crippen molar-refractivity contribution in [1.82, 2.24) is 0 Å². The minimum Gasteiger partial charge on any atom is -0.376 e. The molecule has 5 heteroatoms. The predicted octanol–water partition coefficient (Wildman–Crippen LogP) is 3.99. The third-order valence-electron chi connectivity index (χ3n) is 3.52. The van der Waals surface area contributed by atoms with Gasteiger partial charge in [0.15, 0.2) is 0 Å². The van der Waals surface area contributed by atoms with Gasteiger partial charge in [0.1, 0.15) is 5.69 Å². The molecule has 0 aromatic heterocycles. The lowest BCUT2D eigenvalue weighted by Gasteiger charge is -2.21. The van der Waals surface area contributed by atoms with Crippen molar-refractivity contribution < 1.29 is 4.92 Å². The Balaban J connectivity index is 2.16. The Bertz CT molecular complexity index is 465. The highest BCUT2D eigenvalue weighted by molar-refractivity contribution is 7.99. The van der Waals surface area contributed by atoms with E-state index in [1.54, 1.807) is 6.07 Å². The molecule has 1 fully saturated rings. The van der Waals surface area contributed by atoms with Crippen molar-refractivity contribution in [3.63, 3.8) is 0 Å². The summed E-state index contributed by atoms with van der Waals surface area (Å²) in [6.07, 6.45) is 3.51. The SMILES string of the molecule is CCSC1CCCC1Nc1ccc(C)cc1[N+](=O)[O-]. The smallest absolute Gasteiger partial charge is 0.292 e. The van der Waals surface area contributed by atoms with Gasteiger partial charge in [0, 0.05) is 17.4 Å². The first-order valence-corrected chi connectivity index (χ1v) is 7.80. The zero-order chi connectivity index (χ0) is 13.8. The Kier molecular flexibility index (Phi) is 4.69. The lowest BCUT2D eigenvalue weighted by atomic mass is 10.1. The number of nitrogens with one attached hydrogen (secondary N) is 1. The zero-order valence-electron chi connectivity index (χ0n) is 11.4. The van der Waals surface area contributed by atoms with Crippen molar-refractivity contribution in [2.24, 2.45) is 0 Å². The van der Waals surface area contributed by atoms with Gasteiger partial charge in [-0.05, 0) is 37.1 Å². The molecule has 2 unspecified atom stereocenters. The summed E-state index contributed by atoms with van der Waals surface area (Å²) >= 11 is 1.95. The number of thioether (sulfide) groups is 1. The van der Waals surface area contributed by atoms with Gasteiger partial charge < -0.3 is 5.32 Å². The normalized spacial score (nSPS) is 22.4. The Morgan fingerprint density at radius 1 is 1.47 bits per heavy atom. The molecule has 19 heavy (non-hydrogen) atoms. The number of rotatable bonds is 5. The summed E-state index contributed by atoms with van der Waals surface area (Å²) in [5.41, 5.74) is 1.76. The third-order valence-corrected chi connectivity index (χ3v) is 4.85. The van der Waals surface area contributed by atoms with Crippen LogP contribution in [0.25, 0.3) is 0 Å². The molecule has 1 aliphatic rings. The predicted molar refractivity (Wildman–Crippen MR) is 81.0 cm³/mol. The maximum atomic E-state index is 11.1. The van der Waals surface area contributed by atoms with Crippen LogP contribution in [0.15, 0.2) is 18.2 Å². The summed E-state index contributed by atoms with van der Waals surface area (Å²) in [5.74, 6) is 1.10. The van der Waals surface area contributed by atoms with Crippen molar-refractivity contribution >= 4 is 23.1 Å². The third kappa shape index (κ3) is 3.41. The molecule has 0 heterocycles. The zero-order valence-corrected chi connectivity index (χ0v) is 12.2. The van der Waals surface area contributed by atoms with E-state index in [-0.39, 0.29) is 10.6 Å². The van der Waals surface area contributed by atoms with Crippen molar-refractivity contribution in [3.8, 4) is 0 Å². The van der Waals surface area contributed by atoms with Gasteiger partial charge in [-0.15, -0.1) is 0 Å². The quantitative estimate of drug-likeness (QED) is 0.654. The van der Waals surface area contributed by atoms with E-state index in [1.165, 1.54) is 12.8 Å². The fourth-order valence-corrected chi connectivity index (χ4v) is 3.82. The number of nitro benzene ring substituents is 1. The largest absolute Gasteiger partial charge is 0.376 e.